The Kier molecular flexibility index (Phi) is 6.06. The third-order valence-corrected chi connectivity index (χ3v) is 4.65. The van der Waals surface area contributed by atoms with Gasteiger partial charge in [0.25, 0.3) is 0 Å². The third-order valence-electron chi connectivity index (χ3n) is 4.65. The van der Waals surface area contributed by atoms with Crippen LogP contribution in [0.4, 0.5) is 0 Å². The van der Waals surface area contributed by atoms with Crippen LogP contribution in [0.2, 0.25) is 0 Å². The summed E-state index contributed by atoms with van der Waals surface area (Å²) in [7, 11) is 0. The largest absolute Gasteiger partial charge is 0.327 e. The Bertz CT molecular complexity index is 374. The monoisotopic (exact) mass is 274 g/mol. The molecule has 0 saturated heterocycles. The highest BCUT2D eigenvalue weighted by molar-refractivity contribution is 5.14. The molecule has 20 heavy (non-hydrogen) atoms. The number of benzene rings is 1. The molecule has 2 N–H and O–H groups in total. The van der Waals surface area contributed by atoms with E-state index in [9.17, 15) is 0 Å². The summed E-state index contributed by atoms with van der Waals surface area (Å²) in [5.74, 6) is 0.670. The fourth-order valence-corrected chi connectivity index (χ4v) is 3.22. The molecule has 0 radical (unpaired) electrons. The van der Waals surface area contributed by atoms with E-state index in [1.165, 1.54) is 37.7 Å². The van der Waals surface area contributed by atoms with Gasteiger partial charge in [-0.25, -0.2) is 0 Å². The van der Waals surface area contributed by atoms with E-state index in [1.54, 1.807) is 0 Å². The second-order valence-electron chi connectivity index (χ2n) is 6.57. The molecule has 1 aliphatic rings. The zero-order chi connectivity index (χ0) is 14.4. The predicted octanol–water partition coefficient (Wildman–Crippen LogP) is 3.80. The van der Waals surface area contributed by atoms with Gasteiger partial charge in [-0.05, 0) is 38.2 Å². The SMILES string of the molecule is CC(C)N(Cc1ccccc1)CC1CCCCCC1N. The van der Waals surface area contributed by atoms with Crippen molar-refractivity contribution in [1.82, 2.24) is 4.90 Å². The first-order chi connectivity index (χ1) is 9.66. The van der Waals surface area contributed by atoms with Crippen LogP contribution in [0.5, 0.6) is 0 Å². The van der Waals surface area contributed by atoms with E-state index in [0.29, 0.717) is 18.0 Å². The molecule has 0 bridgehead atoms. The highest BCUT2D eigenvalue weighted by Gasteiger charge is 2.23. The van der Waals surface area contributed by atoms with Crippen LogP contribution >= 0.6 is 0 Å². The molecule has 2 atom stereocenters. The summed E-state index contributed by atoms with van der Waals surface area (Å²) in [6.45, 7) is 6.78. The van der Waals surface area contributed by atoms with E-state index in [0.717, 1.165) is 13.1 Å². The lowest BCUT2D eigenvalue weighted by molar-refractivity contribution is 0.162. The highest BCUT2D eigenvalue weighted by Crippen LogP contribution is 2.24. The standard InChI is InChI=1S/C18H30N2/c1-15(2)20(13-16-9-5-3-6-10-16)14-17-11-7-4-8-12-18(17)19/h3,5-6,9-10,15,17-18H,4,7-8,11-14,19H2,1-2H3. The van der Waals surface area contributed by atoms with Crippen LogP contribution in [0.15, 0.2) is 30.3 Å². The average molecular weight is 274 g/mol. The molecule has 0 heterocycles. The molecule has 1 saturated carbocycles. The Morgan fingerprint density at radius 1 is 1.10 bits per heavy atom. The van der Waals surface area contributed by atoms with Gasteiger partial charge < -0.3 is 5.73 Å². The van der Waals surface area contributed by atoms with Gasteiger partial charge in [0.05, 0.1) is 0 Å². The van der Waals surface area contributed by atoms with Gasteiger partial charge in [0, 0.05) is 25.2 Å². The summed E-state index contributed by atoms with van der Waals surface area (Å²) >= 11 is 0. The van der Waals surface area contributed by atoms with Crippen molar-refractivity contribution in [1.29, 1.82) is 0 Å². The van der Waals surface area contributed by atoms with Crippen molar-refractivity contribution < 1.29 is 0 Å². The summed E-state index contributed by atoms with van der Waals surface area (Å²) in [4.78, 5) is 2.59. The number of nitrogens with two attached hydrogens (primary N) is 1. The Hall–Kier alpha value is -0.860. The molecule has 1 aromatic carbocycles. The fraction of sp³-hybridized carbons (Fsp3) is 0.667. The van der Waals surface area contributed by atoms with Crippen LogP contribution in [0.1, 0.15) is 51.5 Å². The molecule has 2 heteroatoms. The lowest BCUT2D eigenvalue weighted by Crippen LogP contribution is -2.41. The molecule has 2 rings (SSSR count). The van der Waals surface area contributed by atoms with Gasteiger partial charge in [0.1, 0.15) is 0 Å². The Labute approximate surface area is 124 Å². The molecule has 112 valence electrons. The van der Waals surface area contributed by atoms with Gasteiger partial charge in [-0.1, -0.05) is 49.6 Å². The maximum atomic E-state index is 6.39. The number of hydrogen-bond acceptors (Lipinski definition) is 2. The molecule has 1 aliphatic carbocycles. The third kappa shape index (κ3) is 4.60. The quantitative estimate of drug-likeness (QED) is 0.827. The summed E-state index contributed by atoms with van der Waals surface area (Å²) in [5.41, 5.74) is 7.80. The topological polar surface area (TPSA) is 29.3 Å². The Morgan fingerprint density at radius 2 is 1.80 bits per heavy atom. The second kappa shape index (κ2) is 7.80. The lowest BCUT2D eigenvalue weighted by Gasteiger charge is -2.32. The van der Waals surface area contributed by atoms with Crippen LogP contribution in [0.3, 0.4) is 0 Å². The summed E-state index contributed by atoms with van der Waals surface area (Å²) in [6.07, 6.45) is 6.55. The molecular weight excluding hydrogens is 244 g/mol. The van der Waals surface area contributed by atoms with Crippen molar-refractivity contribution in [3.63, 3.8) is 0 Å². The molecule has 1 fully saturated rings. The first-order valence-corrected chi connectivity index (χ1v) is 8.20. The average Bonchev–Trinajstić information content (AvgIpc) is 2.64. The van der Waals surface area contributed by atoms with Crippen molar-refractivity contribution in [2.45, 2.75) is 64.6 Å². The molecule has 0 spiro atoms. The van der Waals surface area contributed by atoms with Crippen molar-refractivity contribution in [3.8, 4) is 0 Å². The van der Waals surface area contributed by atoms with E-state index >= 15 is 0 Å². The number of nitrogens with zero attached hydrogens (tertiary/aromatic N) is 1. The van der Waals surface area contributed by atoms with Crippen molar-refractivity contribution in [2.75, 3.05) is 6.54 Å². The highest BCUT2D eigenvalue weighted by atomic mass is 15.1. The van der Waals surface area contributed by atoms with Gasteiger partial charge in [0.15, 0.2) is 0 Å². The zero-order valence-electron chi connectivity index (χ0n) is 13.1. The molecule has 2 unspecified atom stereocenters. The summed E-state index contributed by atoms with van der Waals surface area (Å²) < 4.78 is 0. The second-order valence-corrected chi connectivity index (χ2v) is 6.57. The van der Waals surface area contributed by atoms with Crippen molar-refractivity contribution >= 4 is 0 Å². The molecule has 0 aliphatic heterocycles. The minimum Gasteiger partial charge on any atom is -0.327 e. The van der Waals surface area contributed by atoms with Gasteiger partial charge in [0.2, 0.25) is 0 Å². The molecule has 0 amide bonds. The maximum absolute atomic E-state index is 6.39. The Morgan fingerprint density at radius 3 is 2.50 bits per heavy atom. The van der Waals surface area contributed by atoms with Gasteiger partial charge in [-0.3, -0.25) is 4.90 Å². The van der Waals surface area contributed by atoms with E-state index in [4.69, 9.17) is 5.73 Å². The van der Waals surface area contributed by atoms with E-state index in [2.05, 4.69) is 49.1 Å². The summed E-state index contributed by atoms with van der Waals surface area (Å²) in [6, 6.07) is 11.8. The molecule has 1 aromatic rings. The van der Waals surface area contributed by atoms with E-state index in [1.807, 2.05) is 0 Å². The van der Waals surface area contributed by atoms with E-state index < -0.39 is 0 Å². The van der Waals surface area contributed by atoms with E-state index in [-0.39, 0.29) is 0 Å². The fourth-order valence-electron chi connectivity index (χ4n) is 3.22. The molecule has 0 aromatic heterocycles. The minimum atomic E-state index is 0.398. The zero-order valence-corrected chi connectivity index (χ0v) is 13.1. The normalized spacial score (nSPS) is 24.1. The van der Waals surface area contributed by atoms with Crippen molar-refractivity contribution in [3.05, 3.63) is 35.9 Å². The van der Waals surface area contributed by atoms with Gasteiger partial charge in [-0.15, -0.1) is 0 Å². The lowest BCUT2D eigenvalue weighted by atomic mass is 9.94. The van der Waals surface area contributed by atoms with Crippen LogP contribution in [-0.4, -0.2) is 23.5 Å². The van der Waals surface area contributed by atoms with Crippen LogP contribution in [0, 0.1) is 5.92 Å². The first kappa shape index (κ1) is 15.5. The van der Waals surface area contributed by atoms with Gasteiger partial charge in [-0.2, -0.15) is 0 Å². The van der Waals surface area contributed by atoms with Gasteiger partial charge >= 0.3 is 0 Å². The molecule has 2 nitrogen and oxygen atoms in total. The van der Waals surface area contributed by atoms with Crippen LogP contribution in [-0.2, 0) is 6.54 Å². The predicted molar refractivity (Wildman–Crippen MR) is 86.5 cm³/mol. The number of rotatable bonds is 5. The minimum absolute atomic E-state index is 0.398. The van der Waals surface area contributed by atoms with Crippen molar-refractivity contribution in [2.24, 2.45) is 11.7 Å². The molecular formula is C18H30N2. The maximum Gasteiger partial charge on any atom is 0.0236 e. The van der Waals surface area contributed by atoms with Crippen LogP contribution in [0.25, 0.3) is 0 Å². The Balaban J connectivity index is 1.97. The smallest absolute Gasteiger partial charge is 0.0236 e. The summed E-state index contributed by atoms with van der Waals surface area (Å²) in [5, 5.41) is 0. The first-order valence-electron chi connectivity index (χ1n) is 8.20. The van der Waals surface area contributed by atoms with Crippen LogP contribution < -0.4 is 5.73 Å². The number of hydrogen-bond donors (Lipinski definition) is 1.